The van der Waals surface area contributed by atoms with Crippen LogP contribution in [0.4, 0.5) is 0 Å². The van der Waals surface area contributed by atoms with E-state index < -0.39 is 0 Å². The number of aryl methyl sites for hydroxylation is 2. The molecule has 0 aliphatic carbocycles. The Morgan fingerprint density at radius 1 is 1.16 bits per heavy atom. The van der Waals surface area contributed by atoms with E-state index in [1.807, 2.05) is 45.0 Å². The third-order valence-electron chi connectivity index (χ3n) is 3.16. The molecule has 0 saturated carbocycles. The fraction of sp³-hybridized carbons (Fsp3) is 0.200. The van der Waals surface area contributed by atoms with E-state index in [9.17, 15) is 0 Å². The van der Waals surface area contributed by atoms with Crippen LogP contribution in [0.1, 0.15) is 22.3 Å². The number of benzene rings is 1. The van der Waals surface area contributed by atoms with E-state index in [0.717, 1.165) is 22.4 Å². The third-order valence-corrected chi connectivity index (χ3v) is 3.16. The Balaban J connectivity index is 2.47. The molecule has 0 atom stereocenters. The summed E-state index contributed by atoms with van der Waals surface area (Å²) in [6.45, 7) is 5.90. The van der Waals surface area contributed by atoms with Crippen LogP contribution in [0, 0.1) is 26.2 Å². The minimum atomic E-state index is -0.0362. The molecule has 0 aliphatic rings. The zero-order chi connectivity index (χ0) is 14.0. The number of amidine groups is 1. The van der Waals surface area contributed by atoms with E-state index >= 15 is 0 Å². The normalized spacial score (nSPS) is 10.3. The standard InChI is InChI=1S/C15H17N3O/c1-9-5-4-6-12(11(9)3)19-15-13(14(16)17)10(2)7-8-18-15/h4-8H,1-3H3,(H3,16,17). The van der Waals surface area contributed by atoms with Gasteiger partial charge in [-0.15, -0.1) is 0 Å². The molecule has 2 rings (SSSR count). The van der Waals surface area contributed by atoms with Gasteiger partial charge >= 0.3 is 0 Å². The van der Waals surface area contributed by atoms with Gasteiger partial charge in [0.05, 0.1) is 5.56 Å². The van der Waals surface area contributed by atoms with Crippen molar-refractivity contribution >= 4 is 5.84 Å². The number of nitrogens with two attached hydrogens (primary N) is 1. The molecule has 19 heavy (non-hydrogen) atoms. The van der Waals surface area contributed by atoms with Crippen LogP contribution in [0.5, 0.6) is 11.6 Å². The summed E-state index contributed by atoms with van der Waals surface area (Å²) >= 11 is 0. The molecule has 0 spiro atoms. The highest BCUT2D eigenvalue weighted by Gasteiger charge is 2.13. The van der Waals surface area contributed by atoms with Crippen LogP contribution in [-0.2, 0) is 0 Å². The number of aromatic nitrogens is 1. The summed E-state index contributed by atoms with van der Waals surface area (Å²) in [5.41, 5.74) is 9.23. The van der Waals surface area contributed by atoms with Gasteiger partial charge in [0.2, 0.25) is 5.88 Å². The molecule has 2 aromatic rings. The molecule has 0 saturated heterocycles. The van der Waals surface area contributed by atoms with Crippen LogP contribution in [-0.4, -0.2) is 10.8 Å². The van der Waals surface area contributed by atoms with Gasteiger partial charge in [-0.1, -0.05) is 12.1 Å². The summed E-state index contributed by atoms with van der Waals surface area (Å²) in [5.74, 6) is 1.08. The highest BCUT2D eigenvalue weighted by atomic mass is 16.5. The van der Waals surface area contributed by atoms with Crippen molar-refractivity contribution in [2.24, 2.45) is 5.73 Å². The minimum Gasteiger partial charge on any atom is -0.438 e. The predicted molar refractivity (Wildman–Crippen MR) is 76.0 cm³/mol. The van der Waals surface area contributed by atoms with Crippen molar-refractivity contribution in [3.8, 4) is 11.6 Å². The third kappa shape index (κ3) is 2.57. The summed E-state index contributed by atoms with van der Waals surface area (Å²) in [6.07, 6.45) is 1.65. The molecule has 1 aromatic carbocycles. The van der Waals surface area contributed by atoms with Crippen molar-refractivity contribution in [2.75, 3.05) is 0 Å². The lowest BCUT2D eigenvalue weighted by atomic mass is 10.1. The van der Waals surface area contributed by atoms with Crippen molar-refractivity contribution in [3.05, 3.63) is 52.7 Å². The van der Waals surface area contributed by atoms with Gasteiger partial charge in [-0.2, -0.15) is 0 Å². The second-order valence-electron chi connectivity index (χ2n) is 4.52. The van der Waals surface area contributed by atoms with Gasteiger partial charge in [-0.25, -0.2) is 4.98 Å². The maximum Gasteiger partial charge on any atom is 0.230 e. The van der Waals surface area contributed by atoms with Gasteiger partial charge < -0.3 is 10.5 Å². The average Bonchev–Trinajstić information content (AvgIpc) is 2.34. The van der Waals surface area contributed by atoms with Gasteiger partial charge in [0.15, 0.2) is 0 Å². The van der Waals surface area contributed by atoms with E-state index in [1.54, 1.807) is 6.20 Å². The summed E-state index contributed by atoms with van der Waals surface area (Å²) < 4.78 is 5.83. The second-order valence-corrected chi connectivity index (χ2v) is 4.52. The van der Waals surface area contributed by atoms with Crippen molar-refractivity contribution in [3.63, 3.8) is 0 Å². The minimum absolute atomic E-state index is 0.0362. The van der Waals surface area contributed by atoms with Crippen molar-refractivity contribution < 1.29 is 4.74 Å². The van der Waals surface area contributed by atoms with E-state index in [-0.39, 0.29) is 5.84 Å². The molecular weight excluding hydrogens is 238 g/mol. The average molecular weight is 255 g/mol. The molecule has 98 valence electrons. The first-order valence-electron chi connectivity index (χ1n) is 6.04. The summed E-state index contributed by atoms with van der Waals surface area (Å²) in [6, 6.07) is 7.65. The molecule has 0 amide bonds. The SMILES string of the molecule is Cc1cccc(Oc2nccc(C)c2C(=N)N)c1C. The molecule has 0 radical (unpaired) electrons. The zero-order valence-corrected chi connectivity index (χ0v) is 11.3. The highest BCUT2D eigenvalue weighted by molar-refractivity contribution is 5.98. The largest absolute Gasteiger partial charge is 0.438 e. The molecule has 4 nitrogen and oxygen atoms in total. The Morgan fingerprint density at radius 3 is 2.58 bits per heavy atom. The first kappa shape index (κ1) is 13.1. The molecule has 3 N–H and O–H groups in total. The molecule has 0 aliphatic heterocycles. The molecule has 1 aromatic heterocycles. The lowest BCUT2D eigenvalue weighted by Crippen LogP contribution is -2.15. The van der Waals surface area contributed by atoms with E-state index in [1.165, 1.54) is 0 Å². The lowest BCUT2D eigenvalue weighted by molar-refractivity contribution is 0.457. The van der Waals surface area contributed by atoms with Crippen LogP contribution in [0.3, 0.4) is 0 Å². The quantitative estimate of drug-likeness (QED) is 0.654. The Morgan fingerprint density at radius 2 is 1.89 bits per heavy atom. The highest BCUT2D eigenvalue weighted by Crippen LogP contribution is 2.28. The lowest BCUT2D eigenvalue weighted by Gasteiger charge is -2.13. The van der Waals surface area contributed by atoms with E-state index in [4.69, 9.17) is 15.9 Å². The smallest absolute Gasteiger partial charge is 0.230 e. The first-order chi connectivity index (χ1) is 9.00. The van der Waals surface area contributed by atoms with Gasteiger partial charge in [-0.3, -0.25) is 5.41 Å². The van der Waals surface area contributed by atoms with Crippen LogP contribution >= 0.6 is 0 Å². The monoisotopic (exact) mass is 255 g/mol. The van der Waals surface area contributed by atoms with E-state index in [2.05, 4.69) is 4.98 Å². The fourth-order valence-corrected chi connectivity index (χ4v) is 1.88. The number of hydrogen-bond acceptors (Lipinski definition) is 3. The maximum atomic E-state index is 7.64. The Bertz CT molecular complexity index is 635. The van der Waals surface area contributed by atoms with Gasteiger partial charge in [0.1, 0.15) is 11.6 Å². The molecule has 0 bridgehead atoms. The number of nitrogens with one attached hydrogen (secondary N) is 1. The first-order valence-corrected chi connectivity index (χ1v) is 6.04. The fourth-order valence-electron chi connectivity index (χ4n) is 1.88. The Hall–Kier alpha value is -2.36. The Kier molecular flexibility index (Phi) is 3.51. The van der Waals surface area contributed by atoms with Crippen LogP contribution in [0.25, 0.3) is 0 Å². The molecule has 1 heterocycles. The van der Waals surface area contributed by atoms with Crippen molar-refractivity contribution in [2.45, 2.75) is 20.8 Å². The predicted octanol–water partition coefficient (Wildman–Crippen LogP) is 3.08. The van der Waals surface area contributed by atoms with Crippen molar-refractivity contribution in [1.29, 1.82) is 5.41 Å². The summed E-state index contributed by atoms with van der Waals surface area (Å²) in [4.78, 5) is 4.18. The number of hydrogen-bond donors (Lipinski definition) is 2. The number of nitrogen functional groups attached to an aromatic ring is 1. The summed E-state index contributed by atoms with van der Waals surface area (Å²) in [5, 5.41) is 7.64. The number of rotatable bonds is 3. The van der Waals surface area contributed by atoms with Gasteiger partial charge in [0.25, 0.3) is 0 Å². The van der Waals surface area contributed by atoms with Crippen molar-refractivity contribution in [1.82, 2.24) is 4.98 Å². The Labute approximate surface area is 112 Å². The summed E-state index contributed by atoms with van der Waals surface area (Å²) in [7, 11) is 0. The van der Waals surface area contributed by atoms with Crippen LogP contribution in [0.15, 0.2) is 30.5 Å². The van der Waals surface area contributed by atoms with Crippen LogP contribution < -0.4 is 10.5 Å². The molecule has 4 heteroatoms. The molecule has 0 fully saturated rings. The zero-order valence-electron chi connectivity index (χ0n) is 11.3. The molecular formula is C15H17N3O. The number of pyridine rings is 1. The molecule has 0 unspecified atom stereocenters. The van der Waals surface area contributed by atoms with E-state index in [0.29, 0.717) is 11.4 Å². The van der Waals surface area contributed by atoms with Crippen LogP contribution in [0.2, 0.25) is 0 Å². The second kappa shape index (κ2) is 5.10. The number of nitrogens with zero attached hydrogens (tertiary/aromatic N) is 1. The number of ether oxygens (including phenoxy) is 1. The van der Waals surface area contributed by atoms with Gasteiger partial charge in [0, 0.05) is 6.20 Å². The maximum absolute atomic E-state index is 7.64. The topological polar surface area (TPSA) is 72.0 Å². The van der Waals surface area contributed by atoms with Gasteiger partial charge in [-0.05, 0) is 49.6 Å².